The molecule has 4 heteroatoms. The number of nitriles is 1. The zero-order valence-electron chi connectivity index (χ0n) is 11.7. The van der Waals surface area contributed by atoms with Crippen LogP contribution in [0.5, 0.6) is 0 Å². The first-order chi connectivity index (χ1) is 8.54. The molecule has 0 aliphatic carbocycles. The van der Waals surface area contributed by atoms with Crippen LogP contribution >= 0.6 is 0 Å². The van der Waals surface area contributed by atoms with Gasteiger partial charge in [-0.15, -0.1) is 0 Å². The lowest BCUT2D eigenvalue weighted by Gasteiger charge is -2.28. The molecule has 0 amide bonds. The lowest BCUT2D eigenvalue weighted by Crippen LogP contribution is -2.35. The lowest BCUT2D eigenvalue weighted by atomic mass is 10.1. The molecule has 0 aliphatic heterocycles. The van der Waals surface area contributed by atoms with Crippen molar-refractivity contribution in [2.24, 2.45) is 5.92 Å². The first-order valence-corrected chi connectivity index (χ1v) is 6.29. The van der Waals surface area contributed by atoms with Gasteiger partial charge in [0, 0.05) is 25.8 Å². The molecule has 18 heavy (non-hydrogen) atoms. The minimum absolute atomic E-state index is 0.511. The highest BCUT2D eigenvalue weighted by molar-refractivity contribution is 5.55. The standard InChI is InChI=1S/C14H22N4/c1-12(2)11-18(9-8-17(3)4)14-6-5-7-16-13(14)10-15/h5-7,12H,8-9,11H2,1-4H3. The first kappa shape index (κ1) is 14.5. The van der Waals surface area contributed by atoms with Crippen LogP contribution in [0.3, 0.4) is 0 Å². The molecule has 0 aliphatic rings. The van der Waals surface area contributed by atoms with Crippen molar-refractivity contribution in [1.82, 2.24) is 9.88 Å². The SMILES string of the molecule is CC(C)CN(CCN(C)C)c1cccnc1C#N. The fraction of sp³-hybridized carbons (Fsp3) is 0.571. The Labute approximate surface area is 110 Å². The quantitative estimate of drug-likeness (QED) is 0.770. The van der Waals surface area contributed by atoms with Crippen LogP contribution in [0.15, 0.2) is 18.3 Å². The van der Waals surface area contributed by atoms with Crippen molar-refractivity contribution in [2.75, 3.05) is 38.6 Å². The van der Waals surface area contributed by atoms with E-state index in [0.29, 0.717) is 11.6 Å². The van der Waals surface area contributed by atoms with Gasteiger partial charge < -0.3 is 9.80 Å². The van der Waals surface area contributed by atoms with E-state index in [1.165, 1.54) is 0 Å². The lowest BCUT2D eigenvalue weighted by molar-refractivity contribution is 0.409. The van der Waals surface area contributed by atoms with Gasteiger partial charge in [0.1, 0.15) is 6.07 Å². The average molecular weight is 246 g/mol. The number of hydrogen-bond donors (Lipinski definition) is 0. The predicted molar refractivity (Wildman–Crippen MR) is 74.6 cm³/mol. The van der Waals surface area contributed by atoms with E-state index in [9.17, 15) is 0 Å². The summed E-state index contributed by atoms with van der Waals surface area (Å²) >= 11 is 0. The van der Waals surface area contributed by atoms with Gasteiger partial charge in [0.2, 0.25) is 0 Å². The molecule has 0 unspecified atom stereocenters. The van der Waals surface area contributed by atoms with E-state index in [2.05, 4.69) is 48.8 Å². The summed E-state index contributed by atoms with van der Waals surface area (Å²) in [5, 5.41) is 9.13. The highest BCUT2D eigenvalue weighted by atomic mass is 15.2. The van der Waals surface area contributed by atoms with E-state index in [1.807, 2.05) is 12.1 Å². The highest BCUT2D eigenvalue weighted by Gasteiger charge is 2.13. The molecule has 0 N–H and O–H groups in total. The van der Waals surface area contributed by atoms with Crippen LogP contribution in [0, 0.1) is 17.2 Å². The molecular formula is C14H22N4. The molecule has 4 nitrogen and oxygen atoms in total. The third-order valence-corrected chi connectivity index (χ3v) is 2.64. The van der Waals surface area contributed by atoms with Gasteiger partial charge in [-0.2, -0.15) is 5.26 Å². The topological polar surface area (TPSA) is 43.2 Å². The first-order valence-electron chi connectivity index (χ1n) is 6.29. The number of aromatic nitrogens is 1. The minimum atomic E-state index is 0.511. The Kier molecular flexibility index (Phi) is 5.60. The van der Waals surface area contributed by atoms with Gasteiger partial charge in [-0.05, 0) is 32.1 Å². The van der Waals surface area contributed by atoms with Crippen LogP contribution in [0.1, 0.15) is 19.5 Å². The van der Waals surface area contributed by atoms with E-state index >= 15 is 0 Å². The molecule has 1 rings (SSSR count). The largest absolute Gasteiger partial charge is 0.368 e. The van der Waals surface area contributed by atoms with Crippen molar-refractivity contribution < 1.29 is 0 Å². The molecule has 0 atom stereocenters. The van der Waals surface area contributed by atoms with Crippen LogP contribution in [0.4, 0.5) is 5.69 Å². The van der Waals surface area contributed by atoms with Gasteiger partial charge >= 0.3 is 0 Å². The van der Waals surface area contributed by atoms with E-state index in [4.69, 9.17) is 5.26 Å². The summed E-state index contributed by atoms with van der Waals surface area (Å²) in [7, 11) is 4.12. The maximum atomic E-state index is 9.13. The van der Waals surface area contributed by atoms with Gasteiger partial charge in [-0.3, -0.25) is 0 Å². The van der Waals surface area contributed by atoms with Gasteiger partial charge in [-0.1, -0.05) is 13.8 Å². The van der Waals surface area contributed by atoms with Crippen molar-refractivity contribution in [1.29, 1.82) is 5.26 Å². The Hall–Kier alpha value is -1.60. The van der Waals surface area contributed by atoms with Crippen LogP contribution in [-0.4, -0.2) is 43.6 Å². The van der Waals surface area contributed by atoms with Crippen molar-refractivity contribution in [3.63, 3.8) is 0 Å². The van der Waals surface area contributed by atoms with Crippen molar-refractivity contribution in [3.05, 3.63) is 24.0 Å². The number of anilines is 1. The summed E-state index contributed by atoms with van der Waals surface area (Å²) in [6.07, 6.45) is 1.67. The Morgan fingerprint density at radius 3 is 2.61 bits per heavy atom. The third-order valence-electron chi connectivity index (χ3n) is 2.64. The van der Waals surface area contributed by atoms with Crippen molar-refractivity contribution in [2.45, 2.75) is 13.8 Å². The van der Waals surface area contributed by atoms with Gasteiger partial charge in [-0.25, -0.2) is 4.98 Å². The zero-order chi connectivity index (χ0) is 13.5. The van der Waals surface area contributed by atoms with E-state index in [1.54, 1.807) is 6.20 Å². The molecule has 1 aromatic rings. The van der Waals surface area contributed by atoms with Gasteiger partial charge in [0.05, 0.1) is 5.69 Å². The summed E-state index contributed by atoms with van der Waals surface area (Å²) in [6, 6.07) is 6.03. The summed E-state index contributed by atoms with van der Waals surface area (Å²) in [4.78, 5) is 8.53. The predicted octanol–water partition coefficient (Wildman–Crippen LogP) is 1.98. The van der Waals surface area contributed by atoms with E-state index in [0.717, 1.165) is 25.3 Å². The second kappa shape index (κ2) is 6.97. The fourth-order valence-corrected chi connectivity index (χ4v) is 1.81. The summed E-state index contributed by atoms with van der Waals surface area (Å²) in [5.74, 6) is 0.555. The number of rotatable bonds is 6. The molecular weight excluding hydrogens is 224 g/mol. The van der Waals surface area contributed by atoms with Crippen molar-refractivity contribution >= 4 is 5.69 Å². The molecule has 1 aromatic heterocycles. The monoisotopic (exact) mass is 246 g/mol. The molecule has 0 aromatic carbocycles. The fourth-order valence-electron chi connectivity index (χ4n) is 1.81. The second-order valence-electron chi connectivity index (χ2n) is 5.13. The van der Waals surface area contributed by atoms with Crippen LogP contribution in [0.2, 0.25) is 0 Å². The zero-order valence-corrected chi connectivity index (χ0v) is 11.7. The number of pyridine rings is 1. The third kappa shape index (κ3) is 4.34. The molecule has 0 saturated carbocycles. The minimum Gasteiger partial charge on any atom is -0.368 e. The Morgan fingerprint density at radius 2 is 2.06 bits per heavy atom. The van der Waals surface area contributed by atoms with Gasteiger partial charge in [0.25, 0.3) is 0 Å². The normalized spacial score (nSPS) is 10.7. The molecule has 0 spiro atoms. The summed E-state index contributed by atoms with van der Waals surface area (Å²) in [6.45, 7) is 7.18. The Bertz CT molecular complexity index is 407. The Balaban J connectivity index is 2.90. The number of hydrogen-bond acceptors (Lipinski definition) is 4. The number of nitrogens with zero attached hydrogens (tertiary/aromatic N) is 4. The van der Waals surface area contributed by atoms with Crippen LogP contribution in [0.25, 0.3) is 0 Å². The van der Waals surface area contributed by atoms with E-state index in [-0.39, 0.29) is 0 Å². The van der Waals surface area contributed by atoms with Crippen molar-refractivity contribution in [3.8, 4) is 6.07 Å². The number of likely N-dealkylation sites (N-methyl/N-ethyl adjacent to an activating group) is 1. The maximum Gasteiger partial charge on any atom is 0.163 e. The molecule has 0 bridgehead atoms. The molecule has 0 radical (unpaired) electrons. The van der Waals surface area contributed by atoms with Gasteiger partial charge in [0.15, 0.2) is 5.69 Å². The van der Waals surface area contributed by atoms with Crippen LogP contribution in [-0.2, 0) is 0 Å². The Morgan fingerprint density at radius 1 is 1.33 bits per heavy atom. The smallest absolute Gasteiger partial charge is 0.163 e. The van der Waals surface area contributed by atoms with Crippen LogP contribution < -0.4 is 4.90 Å². The molecule has 0 saturated heterocycles. The highest BCUT2D eigenvalue weighted by Crippen LogP contribution is 2.18. The molecule has 1 heterocycles. The summed E-state index contributed by atoms with van der Waals surface area (Å²) < 4.78 is 0. The average Bonchev–Trinajstić information content (AvgIpc) is 2.33. The molecule has 98 valence electrons. The molecule has 0 fully saturated rings. The summed E-state index contributed by atoms with van der Waals surface area (Å²) in [5.41, 5.74) is 1.45. The van der Waals surface area contributed by atoms with E-state index < -0.39 is 0 Å². The maximum absolute atomic E-state index is 9.13. The second-order valence-corrected chi connectivity index (χ2v) is 5.13.